The summed E-state index contributed by atoms with van der Waals surface area (Å²) in [4.78, 5) is 17.1. The molecule has 5 heteroatoms. The van der Waals surface area contributed by atoms with Gasteiger partial charge < -0.3 is 14.7 Å². The number of nitrogens with one attached hydrogen (secondary N) is 3. The molecule has 0 bridgehead atoms. The Labute approximate surface area is 205 Å². The number of aromatic nitrogens is 1. The number of carbonyl (C=O) groups is 1. The second-order valence-electron chi connectivity index (χ2n) is 9.58. The minimum atomic E-state index is -0.858. The minimum absolute atomic E-state index is 0.0491. The highest BCUT2D eigenvalue weighted by atomic mass is 16.3. The third-order valence-electron chi connectivity index (χ3n) is 6.77. The summed E-state index contributed by atoms with van der Waals surface area (Å²) in [5, 5.41) is 8.94. The number of carbonyl (C=O) groups excluding carboxylic acids is 1. The number of rotatable bonds is 8. The van der Waals surface area contributed by atoms with Crippen LogP contribution in [0.4, 0.5) is 0 Å². The predicted octanol–water partition coefficient (Wildman–Crippen LogP) is 6.19. The van der Waals surface area contributed by atoms with Crippen molar-refractivity contribution in [1.29, 1.82) is 0 Å². The lowest BCUT2D eigenvalue weighted by atomic mass is 9.90. The van der Waals surface area contributed by atoms with Crippen molar-refractivity contribution in [2.75, 3.05) is 0 Å². The van der Waals surface area contributed by atoms with E-state index >= 15 is 0 Å². The summed E-state index contributed by atoms with van der Waals surface area (Å²) < 4.78 is 6.01. The Kier molecular flexibility index (Phi) is 6.18. The number of benzene rings is 3. The molecule has 2 atom stereocenters. The standard InChI is InChI=1S/C30H31N3O2/c1-20-12-14-22(15-13-20)21(2)33-29(34)30(3,17-24-18-31-27-10-6-5-9-26(24)27)32-19-25-16-23-8-4-7-11-28(23)35-25/h4-16,18,21,31-32H,17,19H2,1-3H3,(H,33,34)/t21-,30+/m0/s1. The van der Waals surface area contributed by atoms with Gasteiger partial charge >= 0.3 is 0 Å². The second-order valence-corrected chi connectivity index (χ2v) is 9.58. The van der Waals surface area contributed by atoms with Crippen molar-refractivity contribution >= 4 is 27.8 Å². The third kappa shape index (κ3) is 4.86. The Balaban J connectivity index is 1.41. The Morgan fingerprint density at radius 1 is 1.03 bits per heavy atom. The van der Waals surface area contributed by atoms with Crippen molar-refractivity contribution in [2.45, 2.75) is 45.3 Å². The van der Waals surface area contributed by atoms with Crippen LogP contribution in [0, 0.1) is 6.92 Å². The van der Waals surface area contributed by atoms with E-state index in [1.54, 1.807) is 0 Å². The van der Waals surface area contributed by atoms with Gasteiger partial charge in [0.25, 0.3) is 0 Å². The van der Waals surface area contributed by atoms with Gasteiger partial charge in [-0.25, -0.2) is 0 Å². The molecule has 0 saturated heterocycles. The van der Waals surface area contributed by atoms with Gasteiger partial charge in [0.05, 0.1) is 18.1 Å². The molecule has 3 aromatic carbocycles. The van der Waals surface area contributed by atoms with Gasteiger partial charge in [-0.05, 0) is 50.1 Å². The van der Waals surface area contributed by atoms with Crippen molar-refractivity contribution in [3.8, 4) is 0 Å². The number of aryl methyl sites for hydroxylation is 1. The first-order valence-electron chi connectivity index (χ1n) is 12.1. The molecule has 1 amide bonds. The quantitative estimate of drug-likeness (QED) is 0.256. The van der Waals surface area contributed by atoms with Crippen molar-refractivity contribution in [1.82, 2.24) is 15.6 Å². The van der Waals surface area contributed by atoms with E-state index in [9.17, 15) is 4.79 Å². The van der Waals surface area contributed by atoms with E-state index in [4.69, 9.17) is 4.42 Å². The van der Waals surface area contributed by atoms with Crippen LogP contribution in [0.1, 0.15) is 42.3 Å². The first-order valence-corrected chi connectivity index (χ1v) is 12.1. The normalized spacial score (nSPS) is 14.1. The van der Waals surface area contributed by atoms with Crippen LogP contribution in [0.5, 0.6) is 0 Å². The second kappa shape index (κ2) is 9.43. The first-order chi connectivity index (χ1) is 16.9. The molecule has 0 aliphatic carbocycles. The van der Waals surface area contributed by atoms with Gasteiger partial charge in [-0.2, -0.15) is 0 Å². The van der Waals surface area contributed by atoms with Crippen LogP contribution < -0.4 is 10.6 Å². The van der Waals surface area contributed by atoms with Gasteiger partial charge in [-0.15, -0.1) is 0 Å². The van der Waals surface area contributed by atoms with Crippen LogP contribution >= 0.6 is 0 Å². The molecular weight excluding hydrogens is 434 g/mol. The van der Waals surface area contributed by atoms with E-state index in [-0.39, 0.29) is 11.9 Å². The monoisotopic (exact) mass is 465 g/mol. The molecule has 2 heterocycles. The van der Waals surface area contributed by atoms with E-state index in [1.807, 2.05) is 62.5 Å². The fourth-order valence-corrected chi connectivity index (χ4v) is 4.58. The molecule has 0 fully saturated rings. The maximum Gasteiger partial charge on any atom is 0.240 e. The first kappa shape index (κ1) is 22.9. The van der Waals surface area contributed by atoms with Gasteiger partial charge in [0.15, 0.2) is 0 Å². The maximum absolute atomic E-state index is 13.8. The van der Waals surface area contributed by atoms with Gasteiger partial charge in [-0.1, -0.05) is 66.2 Å². The molecule has 0 aliphatic heterocycles. The molecule has 5 rings (SSSR count). The fraction of sp³-hybridized carbons (Fsp3) is 0.233. The molecule has 35 heavy (non-hydrogen) atoms. The molecule has 178 valence electrons. The van der Waals surface area contributed by atoms with Crippen LogP contribution in [-0.2, 0) is 17.8 Å². The Bertz CT molecular complexity index is 1430. The van der Waals surface area contributed by atoms with Gasteiger partial charge in [0.1, 0.15) is 11.3 Å². The lowest BCUT2D eigenvalue weighted by Gasteiger charge is -2.31. The summed E-state index contributed by atoms with van der Waals surface area (Å²) >= 11 is 0. The molecule has 0 radical (unpaired) electrons. The van der Waals surface area contributed by atoms with E-state index in [2.05, 4.69) is 58.9 Å². The van der Waals surface area contributed by atoms with Gasteiger partial charge in [0, 0.05) is 28.9 Å². The van der Waals surface area contributed by atoms with Gasteiger partial charge in [-0.3, -0.25) is 10.1 Å². The summed E-state index contributed by atoms with van der Waals surface area (Å²) in [6.07, 6.45) is 2.53. The zero-order chi connectivity index (χ0) is 24.4. The highest BCUT2D eigenvalue weighted by molar-refractivity contribution is 5.89. The van der Waals surface area contributed by atoms with Gasteiger partial charge in [0.2, 0.25) is 5.91 Å². The Morgan fingerprint density at radius 3 is 2.57 bits per heavy atom. The molecule has 0 spiro atoms. The van der Waals surface area contributed by atoms with Crippen molar-refractivity contribution in [3.63, 3.8) is 0 Å². The average molecular weight is 466 g/mol. The molecule has 0 unspecified atom stereocenters. The summed E-state index contributed by atoms with van der Waals surface area (Å²) in [7, 11) is 0. The highest BCUT2D eigenvalue weighted by Gasteiger charge is 2.35. The van der Waals surface area contributed by atoms with E-state index in [0.29, 0.717) is 13.0 Å². The molecule has 3 N–H and O–H groups in total. The molecule has 5 aromatic rings. The summed E-state index contributed by atoms with van der Waals surface area (Å²) in [5.41, 5.74) is 4.43. The van der Waals surface area contributed by atoms with Crippen molar-refractivity contribution < 1.29 is 9.21 Å². The Hall–Kier alpha value is -3.83. The van der Waals surface area contributed by atoms with Crippen LogP contribution in [0.2, 0.25) is 0 Å². The van der Waals surface area contributed by atoms with E-state index in [1.165, 1.54) is 5.56 Å². The Morgan fingerprint density at radius 2 is 1.77 bits per heavy atom. The smallest absolute Gasteiger partial charge is 0.240 e. The number of aromatic amines is 1. The average Bonchev–Trinajstić information content (AvgIpc) is 3.47. The number of H-pyrrole nitrogens is 1. The minimum Gasteiger partial charge on any atom is -0.460 e. The third-order valence-corrected chi connectivity index (χ3v) is 6.77. The van der Waals surface area contributed by atoms with Crippen LogP contribution in [-0.4, -0.2) is 16.4 Å². The zero-order valence-electron chi connectivity index (χ0n) is 20.4. The molecule has 0 saturated carbocycles. The molecule has 5 nitrogen and oxygen atoms in total. The number of hydrogen-bond donors (Lipinski definition) is 3. The predicted molar refractivity (Wildman–Crippen MR) is 141 cm³/mol. The fourth-order valence-electron chi connectivity index (χ4n) is 4.58. The topological polar surface area (TPSA) is 70.1 Å². The number of hydrogen-bond acceptors (Lipinski definition) is 3. The zero-order valence-corrected chi connectivity index (χ0v) is 20.4. The maximum atomic E-state index is 13.8. The highest BCUT2D eigenvalue weighted by Crippen LogP contribution is 2.25. The number of fused-ring (bicyclic) bond motifs is 2. The van der Waals surface area contributed by atoms with Crippen LogP contribution in [0.15, 0.2) is 89.5 Å². The lowest BCUT2D eigenvalue weighted by molar-refractivity contribution is -0.127. The van der Waals surface area contributed by atoms with E-state index < -0.39 is 5.54 Å². The van der Waals surface area contributed by atoms with E-state index in [0.717, 1.165) is 38.8 Å². The summed E-state index contributed by atoms with van der Waals surface area (Å²) in [6, 6.07) is 26.3. The summed E-state index contributed by atoms with van der Waals surface area (Å²) in [6.45, 7) is 6.50. The van der Waals surface area contributed by atoms with Crippen molar-refractivity contribution in [3.05, 3.63) is 108 Å². The molecule has 0 aliphatic rings. The largest absolute Gasteiger partial charge is 0.460 e. The number of amides is 1. The number of furan rings is 1. The summed E-state index contributed by atoms with van der Waals surface area (Å²) in [5.74, 6) is 0.753. The molecule has 2 aromatic heterocycles. The number of para-hydroxylation sites is 2. The van der Waals surface area contributed by atoms with Crippen molar-refractivity contribution in [2.24, 2.45) is 0 Å². The molecular formula is C30H31N3O2. The van der Waals surface area contributed by atoms with Crippen LogP contribution in [0.25, 0.3) is 21.9 Å². The lowest BCUT2D eigenvalue weighted by Crippen LogP contribution is -2.56. The SMILES string of the molecule is Cc1ccc([C@H](C)NC(=O)[C@@](C)(Cc2c[nH]c3ccccc23)NCc2cc3ccccc3o2)cc1. The van der Waals surface area contributed by atoms with Crippen LogP contribution in [0.3, 0.4) is 0 Å².